The Morgan fingerprint density at radius 2 is 2.14 bits per heavy atom. The minimum absolute atomic E-state index is 0.114. The lowest BCUT2D eigenvalue weighted by molar-refractivity contribution is 0.0928. The summed E-state index contributed by atoms with van der Waals surface area (Å²) in [5, 5.41) is 13.3. The number of rotatable bonds is 7. The highest BCUT2D eigenvalue weighted by Gasteiger charge is 2.35. The summed E-state index contributed by atoms with van der Waals surface area (Å²) in [4.78, 5) is 18.5. The van der Waals surface area contributed by atoms with Gasteiger partial charge in [0.05, 0.1) is 11.6 Å². The van der Waals surface area contributed by atoms with Gasteiger partial charge in [-0.2, -0.15) is 5.26 Å². The monoisotopic (exact) mass is 472 g/mol. The number of nitriles is 1. The second-order valence-electron chi connectivity index (χ2n) is 10.1. The van der Waals surface area contributed by atoms with Gasteiger partial charge in [-0.15, -0.1) is 0 Å². The van der Waals surface area contributed by atoms with Gasteiger partial charge in [-0.05, 0) is 86.4 Å². The number of nitrogens with zero attached hydrogens (tertiary/aromatic N) is 2. The van der Waals surface area contributed by atoms with Crippen molar-refractivity contribution in [1.82, 2.24) is 15.2 Å². The highest BCUT2D eigenvalue weighted by Crippen LogP contribution is 2.37. The molecule has 7 heteroatoms. The Morgan fingerprint density at radius 1 is 1.26 bits per heavy atom. The van der Waals surface area contributed by atoms with Crippen molar-refractivity contribution in [3.05, 3.63) is 64.1 Å². The van der Waals surface area contributed by atoms with E-state index in [-0.39, 0.29) is 23.5 Å². The van der Waals surface area contributed by atoms with Gasteiger partial charge in [0, 0.05) is 47.4 Å². The Hall–Kier alpha value is -3.37. The largest absolute Gasteiger partial charge is 0.489 e. The van der Waals surface area contributed by atoms with Gasteiger partial charge in [0.1, 0.15) is 6.61 Å². The molecule has 3 aromatic rings. The lowest BCUT2D eigenvalue weighted by Gasteiger charge is -2.37. The number of ether oxygens (including phenoxy) is 1. The second kappa shape index (κ2) is 9.01. The number of aromatic amines is 1. The quantitative estimate of drug-likeness (QED) is 0.542. The van der Waals surface area contributed by atoms with Gasteiger partial charge in [-0.25, -0.2) is 4.39 Å². The summed E-state index contributed by atoms with van der Waals surface area (Å²) in [5.74, 6) is 0.510. The molecule has 0 saturated heterocycles. The minimum Gasteiger partial charge on any atom is -0.489 e. The molecule has 1 fully saturated rings. The number of fused-ring (bicyclic) bond motifs is 4. The summed E-state index contributed by atoms with van der Waals surface area (Å²) >= 11 is 0. The molecule has 0 bridgehead atoms. The molecule has 1 amide bonds. The summed E-state index contributed by atoms with van der Waals surface area (Å²) in [7, 11) is 0. The highest BCUT2D eigenvalue weighted by atomic mass is 19.1. The molecule has 1 aliphatic carbocycles. The Balaban J connectivity index is 1.20. The van der Waals surface area contributed by atoms with E-state index in [4.69, 9.17) is 4.74 Å². The zero-order chi connectivity index (χ0) is 23.9. The number of carbonyl (C=O) groups excluding carboxylic acids is 1. The van der Waals surface area contributed by atoms with Gasteiger partial charge in [-0.1, -0.05) is 0 Å². The van der Waals surface area contributed by atoms with Crippen LogP contribution in [0, 0.1) is 23.1 Å². The normalized spacial score (nSPS) is 19.1. The summed E-state index contributed by atoms with van der Waals surface area (Å²) < 4.78 is 20.8. The molecule has 35 heavy (non-hydrogen) atoms. The van der Waals surface area contributed by atoms with Crippen molar-refractivity contribution in [3.8, 4) is 11.8 Å². The number of nitrogens with one attached hydrogen (secondary N) is 2. The minimum atomic E-state index is -0.350. The third kappa shape index (κ3) is 4.28. The zero-order valence-corrected chi connectivity index (χ0v) is 19.7. The van der Waals surface area contributed by atoms with Crippen molar-refractivity contribution < 1.29 is 13.9 Å². The predicted octanol–water partition coefficient (Wildman–Crippen LogP) is 4.11. The van der Waals surface area contributed by atoms with E-state index in [9.17, 15) is 14.4 Å². The molecule has 3 heterocycles. The second-order valence-corrected chi connectivity index (χ2v) is 10.1. The zero-order valence-electron chi connectivity index (χ0n) is 19.7. The van der Waals surface area contributed by atoms with Crippen LogP contribution in [0.1, 0.15) is 51.9 Å². The number of benzene rings is 2. The van der Waals surface area contributed by atoms with Crippen LogP contribution >= 0.6 is 0 Å². The molecule has 0 radical (unpaired) electrons. The number of aryl methyl sites for hydroxylation is 1. The van der Waals surface area contributed by atoms with Gasteiger partial charge in [0.25, 0.3) is 5.91 Å². The number of H-pyrrole nitrogens is 1. The van der Waals surface area contributed by atoms with E-state index in [1.807, 2.05) is 24.4 Å². The van der Waals surface area contributed by atoms with Gasteiger partial charge in [0.2, 0.25) is 0 Å². The van der Waals surface area contributed by atoms with Gasteiger partial charge < -0.3 is 15.0 Å². The smallest absolute Gasteiger partial charge is 0.251 e. The van der Waals surface area contributed by atoms with Crippen LogP contribution in [0.15, 0.2) is 30.5 Å². The molecule has 0 spiro atoms. The third-order valence-electron chi connectivity index (χ3n) is 7.68. The Morgan fingerprint density at radius 3 is 2.97 bits per heavy atom. The van der Waals surface area contributed by atoms with Crippen molar-refractivity contribution in [2.45, 2.75) is 44.6 Å². The number of hydrogen-bond donors (Lipinski definition) is 2. The molecular weight excluding hydrogens is 443 g/mol. The van der Waals surface area contributed by atoms with Crippen LogP contribution in [-0.4, -0.2) is 48.1 Å². The first-order chi connectivity index (χ1) is 17.1. The number of hydrogen-bond acceptors (Lipinski definition) is 4. The number of aromatic nitrogens is 1. The van der Waals surface area contributed by atoms with E-state index >= 15 is 0 Å². The van der Waals surface area contributed by atoms with E-state index < -0.39 is 0 Å². The van der Waals surface area contributed by atoms with Gasteiger partial charge >= 0.3 is 0 Å². The molecule has 2 aromatic carbocycles. The number of amides is 1. The van der Waals surface area contributed by atoms with Gasteiger partial charge in [0.15, 0.2) is 11.6 Å². The van der Waals surface area contributed by atoms with Crippen molar-refractivity contribution >= 4 is 16.8 Å². The molecule has 2 aliphatic heterocycles. The molecule has 2 N–H and O–H groups in total. The van der Waals surface area contributed by atoms with Crippen LogP contribution in [0.3, 0.4) is 0 Å². The average Bonchev–Trinajstić information content (AvgIpc) is 3.60. The molecule has 3 aliphatic rings. The molecule has 180 valence electrons. The fraction of sp³-hybridized carbons (Fsp3) is 0.429. The standard InChI is InChI=1S/C28H29FN4O2/c29-24-11-19-7-8-31-28(34)26(19)23-12-21(16-35-27(23)24)33(15-17-3-4-17)9-1-2-20-14-32-25-6-5-18(13-30)10-22(20)25/h5-6,10-11,14,17,21,32H,1-4,7-9,12,15-16H2,(H,31,34). The molecule has 1 atom stereocenters. The summed E-state index contributed by atoms with van der Waals surface area (Å²) in [6.45, 7) is 2.91. The Bertz CT molecular complexity index is 1340. The fourth-order valence-corrected chi connectivity index (χ4v) is 5.66. The molecule has 1 saturated carbocycles. The maximum atomic E-state index is 14.8. The molecule has 1 unspecified atom stereocenters. The topological polar surface area (TPSA) is 81.2 Å². The van der Waals surface area contributed by atoms with Crippen LogP contribution in [0.4, 0.5) is 4.39 Å². The van der Waals surface area contributed by atoms with Crippen LogP contribution in [0.2, 0.25) is 0 Å². The Labute approximate surface area is 204 Å². The lowest BCUT2D eigenvalue weighted by Crippen LogP contribution is -2.46. The van der Waals surface area contributed by atoms with Crippen molar-refractivity contribution in [3.63, 3.8) is 0 Å². The predicted molar refractivity (Wildman–Crippen MR) is 131 cm³/mol. The first-order valence-electron chi connectivity index (χ1n) is 12.6. The SMILES string of the molecule is N#Cc1ccc2[nH]cc(CCCN(CC3CC3)C3COc4c(F)cc5c(c4C3)C(=O)NCC5)c2c1. The van der Waals surface area contributed by atoms with Crippen LogP contribution in [0.5, 0.6) is 5.75 Å². The van der Waals surface area contributed by atoms with E-state index in [0.717, 1.165) is 48.0 Å². The van der Waals surface area contributed by atoms with E-state index in [2.05, 4.69) is 21.3 Å². The van der Waals surface area contributed by atoms with E-state index in [1.54, 1.807) is 0 Å². The molecular formula is C28H29FN4O2. The Kier molecular flexibility index (Phi) is 5.69. The van der Waals surface area contributed by atoms with Crippen LogP contribution < -0.4 is 10.1 Å². The summed E-state index contributed by atoms with van der Waals surface area (Å²) in [5.41, 5.74) is 5.09. The summed E-state index contributed by atoms with van der Waals surface area (Å²) in [6, 6.07) is 9.58. The summed E-state index contributed by atoms with van der Waals surface area (Å²) in [6.07, 6.45) is 7.73. The fourth-order valence-electron chi connectivity index (χ4n) is 5.66. The molecule has 6 nitrogen and oxygen atoms in total. The first-order valence-corrected chi connectivity index (χ1v) is 12.6. The number of carbonyl (C=O) groups is 1. The van der Waals surface area contributed by atoms with E-state index in [1.165, 1.54) is 24.5 Å². The lowest BCUT2D eigenvalue weighted by atomic mass is 9.89. The maximum absolute atomic E-state index is 14.8. The van der Waals surface area contributed by atoms with Crippen LogP contribution in [0.25, 0.3) is 10.9 Å². The average molecular weight is 473 g/mol. The number of halogens is 1. The highest BCUT2D eigenvalue weighted by molar-refractivity contribution is 5.99. The first kappa shape index (κ1) is 22.1. The van der Waals surface area contributed by atoms with Crippen molar-refractivity contribution in [2.75, 3.05) is 26.2 Å². The van der Waals surface area contributed by atoms with Crippen molar-refractivity contribution in [1.29, 1.82) is 5.26 Å². The van der Waals surface area contributed by atoms with Gasteiger partial charge in [-0.3, -0.25) is 9.69 Å². The third-order valence-corrected chi connectivity index (χ3v) is 7.68. The molecule has 6 rings (SSSR count). The van der Waals surface area contributed by atoms with E-state index in [0.29, 0.717) is 43.0 Å². The maximum Gasteiger partial charge on any atom is 0.251 e. The molecule has 1 aromatic heterocycles. The van der Waals surface area contributed by atoms with Crippen LogP contribution in [-0.2, 0) is 19.3 Å². The van der Waals surface area contributed by atoms with Crippen molar-refractivity contribution in [2.24, 2.45) is 5.92 Å².